The summed E-state index contributed by atoms with van der Waals surface area (Å²) in [7, 11) is 0. The Bertz CT molecular complexity index is 330. The van der Waals surface area contributed by atoms with Gasteiger partial charge in [-0.15, -0.1) is 0 Å². The van der Waals surface area contributed by atoms with E-state index in [9.17, 15) is 9.59 Å². The summed E-state index contributed by atoms with van der Waals surface area (Å²) in [5.41, 5.74) is 0. The van der Waals surface area contributed by atoms with E-state index in [2.05, 4.69) is 12.2 Å². The van der Waals surface area contributed by atoms with Gasteiger partial charge in [-0.1, -0.05) is 6.92 Å². The predicted molar refractivity (Wildman–Crippen MR) is 73.8 cm³/mol. The lowest BCUT2D eigenvalue weighted by Crippen LogP contribution is -2.54. The van der Waals surface area contributed by atoms with Crippen molar-refractivity contribution >= 4 is 11.9 Å². The van der Waals surface area contributed by atoms with Gasteiger partial charge in [0.25, 0.3) is 0 Å². The van der Waals surface area contributed by atoms with Crippen LogP contribution in [0.15, 0.2) is 0 Å². The third-order valence-electron chi connectivity index (χ3n) is 4.36. The van der Waals surface area contributed by atoms with Crippen molar-refractivity contribution < 1.29 is 9.59 Å². The molecule has 0 spiro atoms. The molecular formula is C14H25N3O2. The standard InChI is InChI=1S/C14H25N3O2/c1-11-3-5-13(6-4-11)15-14(19)17-9-7-16(8-10-17)12(2)18/h11,13H,3-10H2,1-2H3,(H,15,19). The first-order chi connectivity index (χ1) is 9.06. The topological polar surface area (TPSA) is 52.7 Å². The van der Waals surface area contributed by atoms with Crippen LogP contribution in [0.2, 0.25) is 0 Å². The zero-order valence-electron chi connectivity index (χ0n) is 12.0. The fourth-order valence-electron chi connectivity index (χ4n) is 2.89. The van der Waals surface area contributed by atoms with Gasteiger partial charge in [0.15, 0.2) is 0 Å². The highest BCUT2D eigenvalue weighted by Crippen LogP contribution is 2.23. The molecule has 2 rings (SSSR count). The smallest absolute Gasteiger partial charge is 0.317 e. The number of hydrogen-bond acceptors (Lipinski definition) is 2. The number of amides is 3. The number of carbonyl (C=O) groups is 2. The molecule has 0 unspecified atom stereocenters. The quantitative estimate of drug-likeness (QED) is 0.781. The Morgan fingerprint density at radius 3 is 2.00 bits per heavy atom. The van der Waals surface area contributed by atoms with Gasteiger partial charge >= 0.3 is 6.03 Å². The van der Waals surface area contributed by atoms with Crippen LogP contribution in [0.4, 0.5) is 4.79 Å². The molecule has 1 aliphatic carbocycles. The van der Waals surface area contributed by atoms with E-state index in [1.807, 2.05) is 4.90 Å². The van der Waals surface area contributed by atoms with Crippen LogP contribution in [0, 0.1) is 5.92 Å². The molecule has 2 fully saturated rings. The maximum absolute atomic E-state index is 12.1. The number of carbonyl (C=O) groups excluding carboxylic acids is 2. The monoisotopic (exact) mass is 267 g/mol. The van der Waals surface area contributed by atoms with Gasteiger partial charge in [-0.05, 0) is 31.6 Å². The number of urea groups is 1. The molecule has 2 aliphatic rings. The number of nitrogens with one attached hydrogen (secondary N) is 1. The van der Waals surface area contributed by atoms with Crippen molar-refractivity contribution in [1.29, 1.82) is 0 Å². The molecule has 0 radical (unpaired) electrons. The third kappa shape index (κ3) is 3.85. The molecule has 19 heavy (non-hydrogen) atoms. The van der Waals surface area contributed by atoms with Crippen molar-refractivity contribution in [3.05, 3.63) is 0 Å². The molecule has 1 saturated heterocycles. The largest absolute Gasteiger partial charge is 0.339 e. The molecule has 3 amide bonds. The zero-order chi connectivity index (χ0) is 13.8. The molecule has 108 valence electrons. The van der Waals surface area contributed by atoms with Crippen LogP contribution < -0.4 is 5.32 Å². The van der Waals surface area contributed by atoms with Crippen LogP contribution in [0.1, 0.15) is 39.5 Å². The van der Waals surface area contributed by atoms with E-state index in [1.165, 1.54) is 12.8 Å². The second-order valence-electron chi connectivity index (χ2n) is 5.90. The minimum atomic E-state index is 0.0442. The average molecular weight is 267 g/mol. The van der Waals surface area contributed by atoms with Crippen LogP contribution in [-0.2, 0) is 4.79 Å². The summed E-state index contributed by atoms with van der Waals surface area (Å²) in [6.45, 7) is 6.47. The third-order valence-corrected chi connectivity index (χ3v) is 4.36. The second kappa shape index (κ2) is 6.26. The van der Waals surface area contributed by atoms with Crippen molar-refractivity contribution in [2.24, 2.45) is 5.92 Å². The van der Waals surface area contributed by atoms with E-state index in [1.54, 1.807) is 11.8 Å². The highest BCUT2D eigenvalue weighted by Gasteiger charge is 2.25. The molecule has 1 N–H and O–H groups in total. The summed E-state index contributed by atoms with van der Waals surface area (Å²) in [4.78, 5) is 27.0. The second-order valence-corrected chi connectivity index (χ2v) is 5.90. The molecule has 1 aliphatic heterocycles. The van der Waals surface area contributed by atoms with Crippen LogP contribution in [0.5, 0.6) is 0 Å². The lowest BCUT2D eigenvalue weighted by Gasteiger charge is -2.36. The van der Waals surface area contributed by atoms with E-state index in [0.717, 1.165) is 18.8 Å². The lowest BCUT2D eigenvalue weighted by molar-refractivity contribution is -0.130. The molecule has 1 heterocycles. The van der Waals surface area contributed by atoms with Crippen LogP contribution in [0.3, 0.4) is 0 Å². The van der Waals surface area contributed by atoms with Gasteiger partial charge in [-0.25, -0.2) is 4.79 Å². The highest BCUT2D eigenvalue weighted by molar-refractivity contribution is 5.76. The predicted octanol–water partition coefficient (Wildman–Crippen LogP) is 1.44. The van der Waals surface area contributed by atoms with Crippen molar-refractivity contribution in [2.45, 2.75) is 45.6 Å². The highest BCUT2D eigenvalue weighted by atomic mass is 16.2. The molecular weight excluding hydrogens is 242 g/mol. The lowest BCUT2D eigenvalue weighted by atomic mass is 9.87. The first-order valence-corrected chi connectivity index (χ1v) is 7.37. The van der Waals surface area contributed by atoms with Crippen molar-refractivity contribution in [3.8, 4) is 0 Å². The Balaban J connectivity index is 1.74. The Hall–Kier alpha value is -1.26. The van der Waals surface area contributed by atoms with Gasteiger partial charge < -0.3 is 15.1 Å². The molecule has 1 saturated carbocycles. The van der Waals surface area contributed by atoms with E-state index < -0.39 is 0 Å². The van der Waals surface area contributed by atoms with Crippen LogP contribution >= 0.6 is 0 Å². The van der Waals surface area contributed by atoms with Gasteiger partial charge in [0, 0.05) is 39.1 Å². The van der Waals surface area contributed by atoms with Crippen molar-refractivity contribution in [3.63, 3.8) is 0 Å². The summed E-state index contributed by atoms with van der Waals surface area (Å²) in [5, 5.41) is 3.14. The van der Waals surface area contributed by atoms with E-state index in [0.29, 0.717) is 32.2 Å². The molecule has 0 aromatic rings. The Kier molecular flexibility index (Phi) is 4.66. The normalized spacial score (nSPS) is 28.1. The number of hydrogen-bond donors (Lipinski definition) is 1. The first-order valence-electron chi connectivity index (χ1n) is 7.37. The van der Waals surface area contributed by atoms with Gasteiger partial charge in [0.1, 0.15) is 0 Å². The van der Waals surface area contributed by atoms with Crippen LogP contribution in [0.25, 0.3) is 0 Å². The number of nitrogens with zero attached hydrogens (tertiary/aromatic N) is 2. The molecule has 5 nitrogen and oxygen atoms in total. The number of rotatable bonds is 1. The summed E-state index contributed by atoms with van der Waals surface area (Å²) in [6.07, 6.45) is 4.62. The molecule has 5 heteroatoms. The maximum atomic E-state index is 12.1. The van der Waals surface area contributed by atoms with Gasteiger partial charge in [-0.2, -0.15) is 0 Å². The van der Waals surface area contributed by atoms with Gasteiger partial charge in [-0.3, -0.25) is 4.79 Å². The SMILES string of the molecule is CC(=O)N1CCN(C(=O)NC2CCC(C)CC2)CC1. The van der Waals surface area contributed by atoms with Crippen molar-refractivity contribution in [1.82, 2.24) is 15.1 Å². The van der Waals surface area contributed by atoms with E-state index >= 15 is 0 Å². The first kappa shape index (κ1) is 14.2. The van der Waals surface area contributed by atoms with E-state index in [-0.39, 0.29) is 11.9 Å². The minimum Gasteiger partial charge on any atom is -0.339 e. The summed E-state index contributed by atoms with van der Waals surface area (Å²) < 4.78 is 0. The Morgan fingerprint density at radius 1 is 0.947 bits per heavy atom. The van der Waals surface area contributed by atoms with Gasteiger partial charge in [0.05, 0.1) is 0 Å². The summed E-state index contributed by atoms with van der Waals surface area (Å²) >= 11 is 0. The van der Waals surface area contributed by atoms with Crippen LogP contribution in [-0.4, -0.2) is 54.0 Å². The molecule has 0 atom stereocenters. The molecule has 0 bridgehead atoms. The fourth-order valence-corrected chi connectivity index (χ4v) is 2.89. The zero-order valence-corrected chi connectivity index (χ0v) is 12.0. The average Bonchev–Trinajstić information content (AvgIpc) is 2.41. The Morgan fingerprint density at radius 2 is 1.47 bits per heavy atom. The summed E-state index contributed by atoms with van der Waals surface area (Å²) in [5.74, 6) is 0.897. The molecule has 0 aromatic carbocycles. The summed E-state index contributed by atoms with van der Waals surface area (Å²) in [6, 6.07) is 0.386. The minimum absolute atomic E-state index is 0.0442. The maximum Gasteiger partial charge on any atom is 0.317 e. The Labute approximate surface area is 115 Å². The van der Waals surface area contributed by atoms with Crippen molar-refractivity contribution in [2.75, 3.05) is 26.2 Å². The number of piperazine rings is 1. The van der Waals surface area contributed by atoms with E-state index in [4.69, 9.17) is 0 Å². The fraction of sp³-hybridized carbons (Fsp3) is 0.857. The van der Waals surface area contributed by atoms with Gasteiger partial charge in [0.2, 0.25) is 5.91 Å². The molecule has 0 aromatic heterocycles.